The lowest BCUT2D eigenvalue weighted by molar-refractivity contribution is -0.142. The number of nitrogens with two attached hydrogens (primary N) is 1. The number of morpholine rings is 1. The molecule has 2 aliphatic rings. The van der Waals surface area contributed by atoms with Crippen molar-refractivity contribution in [2.24, 2.45) is 17.6 Å². The maximum atomic E-state index is 14.8. The Morgan fingerprint density at radius 2 is 1.47 bits per heavy atom. The van der Waals surface area contributed by atoms with Gasteiger partial charge in [0.15, 0.2) is 0 Å². The Morgan fingerprint density at radius 1 is 0.844 bits per heavy atom. The van der Waals surface area contributed by atoms with E-state index in [1.807, 2.05) is 48.5 Å². The van der Waals surface area contributed by atoms with Crippen LogP contribution in [-0.2, 0) is 36.7 Å². The molecule has 342 valence electrons. The van der Waals surface area contributed by atoms with Crippen LogP contribution in [0.5, 0.6) is 0 Å². The summed E-state index contributed by atoms with van der Waals surface area (Å²) in [6, 6.07) is 26.6. The first-order chi connectivity index (χ1) is 30.9. The third-order valence-electron chi connectivity index (χ3n) is 12.3. The predicted molar refractivity (Wildman–Crippen MR) is 251 cm³/mol. The Balaban J connectivity index is 1.26. The van der Waals surface area contributed by atoms with Gasteiger partial charge in [-0.05, 0) is 91.6 Å². The molecule has 64 heavy (non-hydrogen) atoms. The zero-order chi connectivity index (χ0) is 45.5. The minimum atomic E-state index is -1.17. The number of aliphatic hydroxyl groups excluding tert-OH is 1. The molecule has 0 bridgehead atoms. The minimum Gasteiger partial charge on any atom is -0.444 e. The number of ether oxygens (including phenoxy) is 2. The van der Waals surface area contributed by atoms with E-state index in [9.17, 15) is 24.3 Å². The monoisotopic (exact) mass is 874 g/mol. The van der Waals surface area contributed by atoms with Gasteiger partial charge in [-0.2, -0.15) is 0 Å². The standard InChI is InChI=1S/C52H67N5O7/c1-52(2,3)64-51(62)54-28-12-11-25-45(50(61)56-46(31-36-15-5-4-6-16-36)47(58)34-48(59)57-29-30-63-42(35-57)26-27-53)55-49(60)41(32-39-21-13-19-37-17-7-9-23-43(37)39)33-40-22-14-20-38-18-8-10-24-44(38)40/h7-10,13-14,17-24,36,41-42,45-47,58H,4-6,15-16,25-35,53H2,1-3H3,(H,54,62)(H,55,60)(H,56,61)/t42?,45?,46?,47-/m0/s1. The number of aliphatic hydroxyl groups is 1. The summed E-state index contributed by atoms with van der Waals surface area (Å²) in [7, 11) is 0. The number of hydrogen-bond donors (Lipinski definition) is 5. The smallest absolute Gasteiger partial charge is 0.408 e. The second-order valence-corrected chi connectivity index (χ2v) is 18.4. The van der Waals surface area contributed by atoms with Crippen LogP contribution in [0.2, 0.25) is 0 Å². The summed E-state index contributed by atoms with van der Waals surface area (Å²) in [6.07, 6.45) is 4.99. The van der Waals surface area contributed by atoms with Crippen molar-refractivity contribution in [2.75, 3.05) is 32.8 Å². The van der Waals surface area contributed by atoms with E-state index in [2.05, 4.69) is 64.2 Å². The van der Waals surface area contributed by atoms with Gasteiger partial charge < -0.3 is 41.2 Å². The highest BCUT2D eigenvalue weighted by atomic mass is 16.6. The van der Waals surface area contributed by atoms with E-state index >= 15 is 0 Å². The summed E-state index contributed by atoms with van der Waals surface area (Å²) in [5, 5.41) is 24.9. The van der Waals surface area contributed by atoms with Crippen molar-refractivity contribution in [3.8, 4) is 11.8 Å². The lowest BCUT2D eigenvalue weighted by Gasteiger charge is -2.35. The van der Waals surface area contributed by atoms with E-state index < -0.39 is 41.7 Å². The molecule has 12 nitrogen and oxygen atoms in total. The van der Waals surface area contributed by atoms with Crippen molar-refractivity contribution >= 4 is 45.4 Å². The Kier molecular flexibility index (Phi) is 17.6. The molecule has 1 aliphatic carbocycles. The van der Waals surface area contributed by atoms with Crippen molar-refractivity contribution in [3.05, 3.63) is 96.1 Å². The van der Waals surface area contributed by atoms with Gasteiger partial charge in [0, 0.05) is 25.4 Å². The van der Waals surface area contributed by atoms with E-state index in [1.165, 1.54) is 0 Å². The van der Waals surface area contributed by atoms with E-state index in [4.69, 9.17) is 15.2 Å². The van der Waals surface area contributed by atoms with Gasteiger partial charge in [-0.15, -0.1) is 0 Å². The fourth-order valence-electron chi connectivity index (χ4n) is 9.03. The molecule has 1 saturated heterocycles. The molecule has 0 radical (unpaired) electrons. The number of fused-ring (bicyclic) bond motifs is 2. The molecule has 4 amide bonds. The molecule has 6 rings (SSSR count). The molecule has 6 N–H and O–H groups in total. The number of carbonyl (C=O) groups is 4. The summed E-state index contributed by atoms with van der Waals surface area (Å²) in [5.74, 6) is 4.59. The van der Waals surface area contributed by atoms with E-state index in [0.717, 1.165) is 64.8 Å². The zero-order valence-electron chi connectivity index (χ0n) is 37.8. The predicted octanol–water partition coefficient (Wildman–Crippen LogP) is 6.58. The molecule has 4 atom stereocenters. The first kappa shape index (κ1) is 48.0. The molecular weight excluding hydrogens is 807 g/mol. The molecule has 4 aromatic carbocycles. The second kappa shape index (κ2) is 23.4. The highest BCUT2D eigenvalue weighted by molar-refractivity contribution is 5.91. The highest BCUT2D eigenvalue weighted by Gasteiger charge is 2.34. The quantitative estimate of drug-likeness (QED) is 0.0741. The number of hydrogen-bond acceptors (Lipinski definition) is 8. The van der Waals surface area contributed by atoms with Crippen LogP contribution in [0.3, 0.4) is 0 Å². The van der Waals surface area contributed by atoms with Crippen LogP contribution in [0, 0.1) is 23.7 Å². The third kappa shape index (κ3) is 14.3. The second-order valence-electron chi connectivity index (χ2n) is 18.4. The average molecular weight is 874 g/mol. The summed E-state index contributed by atoms with van der Waals surface area (Å²) < 4.78 is 11.1. The summed E-state index contributed by atoms with van der Waals surface area (Å²) in [5.41, 5.74) is 7.12. The molecule has 1 saturated carbocycles. The SMILES string of the molecule is CC(C)(C)OC(=O)NCC#CCC(NC(=O)C(Cc1cccc2ccccc12)Cc1cccc2ccccc12)C(=O)NC(CC1CCCCC1)[C@@H](O)CC(=O)N1CCOC(CCN)C1. The Labute approximate surface area is 378 Å². The van der Waals surface area contributed by atoms with Crippen LogP contribution < -0.4 is 21.7 Å². The molecule has 0 spiro atoms. The molecule has 1 aliphatic heterocycles. The maximum absolute atomic E-state index is 14.8. The van der Waals surface area contributed by atoms with Crippen molar-refractivity contribution in [1.82, 2.24) is 20.9 Å². The average Bonchev–Trinajstić information content (AvgIpc) is 3.28. The fourth-order valence-corrected chi connectivity index (χ4v) is 9.03. The topological polar surface area (TPSA) is 172 Å². The van der Waals surface area contributed by atoms with Gasteiger partial charge in [0.1, 0.15) is 11.6 Å². The van der Waals surface area contributed by atoms with Gasteiger partial charge >= 0.3 is 6.09 Å². The van der Waals surface area contributed by atoms with Crippen LogP contribution >= 0.6 is 0 Å². The van der Waals surface area contributed by atoms with Gasteiger partial charge in [-0.25, -0.2) is 4.79 Å². The number of benzene rings is 4. The molecular formula is C52H67N5O7. The van der Waals surface area contributed by atoms with Crippen LogP contribution in [-0.4, -0.2) is 96.5 Å². The third-order valence-corrected chi connectivity index (χ3v) is 12.3. The molecule has 4 aromatic rings. The van der Waals surface area contributed by atoms with Crippen LogP contribution in [0.1, 0.15) is 89.7 Å². The van der Waals surface area contributed by atoms with Gasteiger partial charge in [-0.3, -0.25) is 14.4 Å². The molecule has 1 heterocycles. The van der Waals surface area contributed by atoms with E-state index in [1.54, 1.807) is 25.7 Å². The van der Waals surface area contributed by atoms with Crippen molar-refractivity contribution in [2.45, 2.75) is 121 Å². The molecule has 12 heteroatoms. The number of amides is 4. The summed E-state index contributed by atoms with van der Waals surface area (Å²) in [6.45, 7) is 6.94. The molecule has 0 aromatic heterocycles. The largest absolute Gasteiger partial charge is 0.444 e. The first-order valence-electron chi connectivity index (χ1n) is 23.1. The number of nitrogens with zero attached hydrogens (tertiary/aromatic N) is 1. The van der Waals surface area contributed by atoms with Gasteiger partial charge in [-0.1, -0.05) is 129 Å². The van der Waals surface area contributed by atoms with E-state index in [-0.39, 0.29) is 43.2 Å². The number of carbonyl (C=O) groups excluding carboxylic acids is 4. The van der Waals surface area contributed by atoms with E-state index in [0.29, 0.717) is 51.9 Å². The van der Waals surface area contributed by atoms with Crippen LogP contribution in [0.15, 0.2) is 84.9 Å². The van der Waals surface area contributed by atoms with Crippen molar-refractivity contribution in [1.29, 1.82) is 0 Å². The number of nitrogens with one attached hydrogen (secondary N) is 3. The molecule has 3 unspecified atom stereocenters. The number of rotatable bonds is 17. The maximum Gasteiger partial charge on any atom is 0.408 e. The van der Waals surface area contributed by atoms with Crippen LogP contribution in [0.25, 0.3) is 21.5 Å². The first-order valence-corrected chi connectivity index (χ1v) is 23.1. The van der Waals surface area contributed by atoms with Gasteiger partial charge in [0.2, 0.25) is 17.7 Å². The highest BCUT2D eigenvalue weighted by Crippen LogP contribution is 2.30. The van der Waals surface area contributed by atoms with Crippen molar-refractivity contribution in [3.63, 3.8) is 0 Å². The summed E-state index contributed by atoms with van der Waals surface area (Å²) in [4.78, 5) is 57.2. The van der Waals surface area contributed by atoms with Crippen molar-refractivity contribution < 1.29 is 33.8 Å². The molecule has 2 fully saturated rings. The zero-order valence-corrected chi connectivity index (χ0v) is 37.8. The normalized spacial score (nSPS) is 17.2. The van der Waals surface area contributed by atoms with Gasteiger partial charge in [0.05, 0.1) is 37.8 Å². The number of alkyl carbamates (subject to hydrolysis) is 1. The van der Waals surface area contributed by atoms with Crippen LogP contribution in [0.4, 0.5) is 4.79 Å². The fraction of sp³-hybridized carbons (Fsp3) is 0.500. The van der Waals surface area contributed by atoms with Gasteiger partial charge in [0.25, 0.3) is 0 Å². The Bertz CT molecular complexity index is 2160. The minimum absolute atomic E-state index is 0.0270. The lowest BCUT2D eigenvalue weighted by Crippen LogP contribution is -2.55. The Hall–Kier alpha value is -5.48. The lowest BCUT2D eigenvalue weighted by atomic mass is 9.83. The summed E-state index contributed by atoms with van der Waals surface area (Å²) >= 11 is 0. The Morgan fingerprint density at radius 3 is 2.09 bits per heavy atom.